The molecule has 0 radical (unpaired) electrons. The standard InChI is InChI=1S/C27H25FN2O5/c1-34-20-13-9-18(10-14-20)25-24(26(32)29-15-23(31)35-2)21-5-3-4-6-22(21)27(33)30(25)16-17-7-11-19(28)12-8-17/h3-14,24-25H,15-16H2,1-2H3,(H,29,32)/t24-,25-/m1/s1. The van der Waals surface area contributed by atoms with Crippen LogP contribution in [0.5, 0.6) is 5.75 Å². The van der Waals surface area contributed by atoms with Gasteiger partial charge in [-0.1, -0.05) is 42.5 Å². The molecule has 3 aromatic rings. The summed E-state index contributed by atoms with van der Waals surface area (Å²) in [5.41, 5.74) is 2.40. The minimum atomic E-state index is -0.803. The number of ether oxygens (including phenoxy) is 2. The van der Waals surface area contributed by atoms with E-state index in [1.165, 1.54) is 19.2 Å². The van der Waals surface area contributed by atoms with Gasteiger partial charge in [-0.3, -0.25) is 14.4 Å². The molecule has 1 heterocycles. The monoisotopic (exact) mass is 476 g/mol. The number of rotatable bonds is 7. The average Bonchev–Trinajstić information content (AvgIpc) is 2.89. The van der Waals surface area contributed by atoms with Crippen molar-refractivity contribution in [1.82, 2.24) is 10.2 Å². The van der Waals surface area contributed by atoms with Crippen LogP contribution in [0, 0.1) is 5.82 Å². The van der Waals surface area contributed by atoms with E-state index in [0.29, 0.717) is 28.0 Å². The SMILES string of the molecule is COC(=O)CNC(=O)[C@@H]1c2ccccc2C(=O)N(Cc2ccc(F)cc2)[C@@H]1c1ccc(OC)cc1. The molecule has 3 aromatic carbocycles. The minimum absolute atomic E-state index is 0.158. The number of benzene rings is 3. The lowest BCUT2D eigenvalue weighted by Crippen LogP contribution is -2.47. The van der Waals surface area contributed by atoms with E-state index in [0.717, 1.165) is 0 Å². The minimum Gasteiger partial charge on any atom is -0.497 e. The molecule has 0 aromatic heterocycles. The second-order valence-corrected chi connectivity index (χ2v) is 8.14. The first-order valence-corrected chi connectivity index (χ1v) is 11.1. The third-order valence-corrected chi connectivity index (χ3v) is 6.08. The summed E-state index contributed by atoms with van der Waals surface area (Å²) in [6, 6.07) is 19.3. The van der Waals surface area contributed by atoms with Crippen molar-refractivity contribution in [3.05, 3.63) is 101 Å². The fourth-order valence-electron chi connectivity index (χ4n) is 4.35. The van der Waals surface area contributed by atoms with Gasteiger partial charge in [0.2, 0.25) is 5.91 Å². The van der Waals surface area contributed by atoms with E-state index in [1.807, 2.05) is 12.1 Å². The molecule has 0 saturated heterocycles. The Balaban J connectivity index is 1.82. The summed E-state index contributed by atoms with van der Waals surface area (Å²) in [6.45, 7) is -0.139. The first-order valence-electron chi connectivity index (χ1n) is 11.1. The van der Waals surface area contributed by atoms with Crippen molar-refractivity contribution in [2.45, 2.75) is 18.5 Å². The highest BCUT2D eigenvalue weighted by Crippen LogP contribution is 2.43. The Bertz CT molecular complexity index is 1230. The van der Waals surface area contributed by atoms with E-state index in [4.69, 9.17) is 4.74 Å². The van der Waals surface area contributed by atoms with Gasteiger partial charge in [-0.25, -0.2) is 4.39 Å². The summed E-state index contributed by atoms with van der Waals surface area (Å²) in [7, 11) is 2.80. The molecule has 2 atom stereocenters. The zero-order chi connectivity index (χ0) is 24.9. The van der Waals surface area contributed by atoms with Crippen LogP contribution in [0.4, 0.5) is 4.39 Å². The maximum atomic E-state index is 13.7. The fraction of sp³-hybridized carbons (Fsp3) is 0.222. The van der Waals surface area contributed by atoms with Crippen LogP contribution in [0.2, 0.25) is 0 Å². The molecular formula is C27H25FN2O5. The summed E-state index contributed by atoms with van der Waals surface area (Å²) in [6.07, 6.45) is 0. The van der Waals surface area contributed by atoms with Gasteiger partial charge >= 0.3 is 5.97 Å². The van der Waals surface area contributed by atoms with Crippen molar-refractivity contribution < 1.29 is 28.2 Å². The van der Waals surface area contributed by atoms with Crippen molar-refractivity contribution in [1.29, 1.82) is 0 Å². The Morgan fingerprint density at radius 1 is 0.971 bits per heavy atom. The highest BCUT2D eigenvalue weighted by molar-refractivity contribution is 6.01. The highest BCUT2D eigenvalue weighted by Gasteiger charge is 2.44. The van der Waals surface area contributed by atoms with Crippen LogP contribution < -0.4 is 10.1 Å². The predicted octanol–water partition coefficient (Wildman–Crippen LogP) is 3.60. The van der Waals surface area contributed by atoms with Gasteiger partial charge < -0.3 is 19.7 Å². The lowest BCUT2D eigenvalue weighted by molar-refractivity contribution is -0.141. The van der Waals surface area contributed by atoms with E-state index in [-0.39, 0.29) is 24.8 Å². The van der Waals surface area contributed by atoms with Gasteiger partial charge in [0.1, 0.15) is 18.1 Å². The molecule has 0 spiro atoms. The number of esters is 1. The first-order chi connectivity index (χ1) is 16.9. The van der Waals surface area contributed by atoms with E-state index in [1.54, 1.807) is 60.5 Å². The van der Waals surface area contributed by atoms with Gasteiger partial charge in [0.15, 0.2) is 0 Å². The van der Waals surface area contributed by atoms with Crippen LogP contribution in [0.3, 0.4) is 0 Å². The van der Waals surface area contributed by atoms with Crippen molar-refractivity contribution in [3.63, 3.8) is 0 Å². The van der Waals surface area contributed by atoms with Crippen molar-refractivity contribution >= 4 is 17.8 Å². The lowest BCUT2D eigenvalue weighted by Gasteiger charge is -2.42. The first kappa shape index (κ1) is 23.9. The molecule has 0 aliphatic carbocycles. The number of nitrogens with zero attached hydrogens (tertiary/aromatic N) is 1. The highest BCUT2D eigenvalue weighted by atomic mass is 19.1. The Morgan fingerprint density at radius 2 is 1.66 bits per heavy atom. The number of hydrogen-bond donors (Lipinski definition) is 1. The number of methoxy groups -OCH3 is 2. The molecule has 2 amide bonds. The molecule has 0 unspecified atom stereocenters. The van der Waals surface area contributed by atoms with Crippen LogP contribution in [0.15, 0.2) is 72.8 Å². The van der Waals surface area contributed by atoms with Gasteiger partial charge in [0.25, 0.3) is 5.91 Å². The maximum Gasteiger partial charge on any atom is 0.325 e. The number of amides is 2. The molecule has 4 rings (SSSR count). The van der Waals surface area contributed by atoms with E-state index in [9.17, 15) is 18.8 Å². The fourth-order valence-corrected chi connectivity index (χ4v) is 4.35. The number of hydrogen-bond acceptors (Lipinski definition) is 5. The Hall–Kier alpha value is -4.20. The van der Waals surface area contributed by atoms with E-state index in [2.05, 4.69) is 10.1 Å². The van der Waals surface area contributed by atoms with Gasteiger partial charge in [-0.15, -0.1) is 0 Å². The molecule has 35 heavy (non-hydrogen) atoms. The second-order valence-electron chi connectivity index (χ2n) is 8.14. The van der Waals surface area contributed by atoms with Gasteiger partial charge in [-0.05, 0) is 47.0 Å². The van der Waals surface area contributed by atoms with Crippen molar-refractivity contribution in [3.8, 4) is 5.75 Å². The van der Waals surface area contributed by atoms with E-state index < -0.39 is 23.8 Å². The van der Waals surface area contributed by atoms with Crippen molar-refractivity contribution in [2.75, 3.05) is 20.8 Å². The largest absolute Gasteiger partial charge is 0.497 e. The molecular weight excluding hydrogens is 451 g/mol. The number of nitrogens with one attached hydrogen (secondary N) is 1. The van der Waals surface area contributed by atoms with E-state index >= 15 is 0 Å². The van der Waals surface area contributed by atoms with Gasteiger partial charge in [0.05, 0.1) is 26.2 Å². The van der Waals surface area contributed by atoms with Crippen LogP contribution in [-0.4, -0.2) is 43.4 Å². The number of halogens is 1. The second kappa shape index (κ2) is 10.4. The quantitative estimate of drug-likeness (QED) is 0.527. The molecule has 1 aliphatic rings. The maximum absolute atomic E-state index is 13.7. The molecule has 8 heteroatoms. The smallest absolute Gasteiger partial charge is 0.325 e. The average molecular weight is 477 g/mol. The van der Waals surface area contributed by atoms with Gasteiger partial charge in [0, 0.05) is 12.1 Å². The molecule has 0 saturated carbocycles. The molecule has 0 bridgehead atoms. The molecule has 0 fully saturated rings. The number of carbonyl (C=O) groups is 3. The Labute approximate surface area is 202 Å². The Kier molecular flexibility index (Phi) is 7.10. The summed E-state index contributed by atoms with van der Waals surface area (Å²) in [5, 5.41) is 2.65. The van der Waals surface area contributed by atoms with Crippen LogP contribution >= 0.6 is 0 Å². The normalized spacial score (nSPS) is 16.9. The zero-order valence-electron chi connectivity index (χ0n) is 19.4. The summed E-state index contributed by atoms with van der Waals surface area (Å²) < 4.78 is 23.4. The molecule has 1 N–H and O–H groups in total. The Morgan fingerprint density at radius 3 is 2.31 bits per heavy atom. The zero-order valence-corrected chi connectivity index (χ0v) is 19.4. The third-order valence-electron chi connectivity index (χ3n) is 6.08. The predicted molar refractivity (Wildman–Crippen MR) is 126 cm³/mol. The third kappa shape index (κ3) is 5.01. The molecule has 180 valence electrons. The summed E-state index contributed by atoms with van der Waals surface area (Å²) in [4.78, 5) is 40.5. The van der Waals surface area contributed by atoms with Crippen LogP contribution in [-0.2, 0) is 20.9 Å². The molecule has 7 nitrogen and oxygen atoms in total. The summed E-state index contributed by atoms with van der Waals surface area (Å²) in [5.74, 6) is -1.79. The molecule has 1 aliphatic heterocycles. The van der Waals surface area contributed by atoms with Crippen LogP contribution in [0.25, 0.3) is 0 Å². The van der Waals surface area contributed by atoms with Crippen LogP contribution in [0.1, 0.15) is 39.0 Å². The van der Waals surface area contributed by atoms with Gasteiger partial charge in [-0.2, -0.15) is 0 Å². The topological polar surface area (TPSA) is 84.9 Å². The van der Waals surface area contributed by atoms with Crippen molar-refractivity contribution in [2.24, 2.45) is 0 Å². The number of fused-ring (bicyclic) bond motifs is 1. The lowest BCUT2D eigenvalue weighted by atomic mass is 9.79. The number of carbonyl (C=O) groups excluding carboxylic acids is 3. The summed E-state index contributed by atoms with van der Waals surface area (Å²) >= 11 is 0.